The highest BCUT2D eigenvalue weighted by Gasteiger charge is 2.24. The Morgan fingerprint density at radius 1 is 1.37 bits per heavy atom. The Bertz CT molecular complexity index is 433. The lowest BCUT2D eigenvalue weighted by Gasteiger charge is -2.37. The molecule has 2 atom stereocenters. The van der Waals surface area contributed by atoms with Crippen LogP contribution in [0.4, 0.5) is 5.69 Å². The Morgan fingerprint density at radius 2 is 2.05 bits per heavy atom. The largest absolute Gasteiger partial charge is 0.330 e. The minimum absolute atomic E-state index is 0.148. The Kier molecular flexibility index (Phi) is 4.50. The first kappa shape index (κ1) is 14.0. The molecule has 2 unspecified atom stereocenters. The van der Waals surface area contributed by atoms with E-state index >= 15 is 0 Å². The highest BCUT2D eigenvalue weighted by atomic mass is 16.6. The number of hydrogen-bond acceptors (Lipinski definition) is 4. The molecule has 2 rings (SSSR count). The maximum Gasteiger partial charge on any atom is 0.269 e. The quantitative estimate of drug-likeness (QED) is 0.667. The van der Waals surface area contributed by atoms with Gasteiger partial charge in [-0.15, -0.1) is 0 Å². The molecule has 1 aromatic carbocycles. The number of non-ortho nitro benzene ring substituents is 1. The van der Waals surface area contributed by atoms with Crippen molar-refractivity contribution in [1.29, 1.82) is 0 Å². The van der Waals surface area contributed by atoms with Gasteiger partial charge in [-0.25, -0.2) is 0 Å². The van der Waals surface area contributed by atoms with E-state index < -0.39 is 0 Å². The lowest BCUT2D eigenvalue weighted by molar-refractivity contribution is -0.384. The Morgan fingerprint density at radius 3 is 2.63 bits per heavy atom. The fourth-order valence-electron chi connectivity index (χ4n) is 2.63. The molecule has 1 heterocycles. The van der Waals surface area contributed by atoms with Crippen LogP contribution in [0.3, 0.4) is 0 Å². The van der Waals surface area contributed by atoms with Crippen molar-refractivity contribution in [3.8, 4) is 0 Å². The van der Waals surface area contributed by atoms with Crippen molar-refractivity contribution in [2.45, 2.75) is 32.4 Å². The fourth-order valence-corrected chi connectivity index (χ4v) is 2.63. The Hall–Kier alpha value is -1.46. The molecule has 0 spiro atoms. The molecule has 5 nitrogen and oxygen atoms in total. The third-order valence-corrected chi connectivity index (χ3v) is 3.97. The van der Waals surface area contributed by atoms with E-state index in [-0.39, 0.29) is 10.6 Å². The van der Waals surface area contributed by atoms with Crippen molar-refractivity contribution in [3.05, 3.63) is 39.9 Å². The van der Waals surface area contributed by atoms with Crippen molar-refractivity contribution >= 4 is 5.69 Å². The summed E-state index contributed by atoms with van der Waals surface area (Å²) >= 11 is 0. The van der Waals surface area contributed by atoms with E-state index in [1.807, 2.05) is 12.1 Å². The molecule has 5 heteroatoms. The summed E-state index contributed by atoms with van der Waals surface area (Å²) in [6, 6.07) is 7.39. The molecule has 0 aromatic heterocycles. The molecule has 2 N–H and O–H groups in total. The third kappa shape index (κ3) is 3.52. The number of rotatable bonds is 4. The van der Waals surface area contributed by atoms with Crippen LogP contribution in [0, 0.1) is 16.0 Å². The SMILES string of the molecule is CC1CCC(CN)CN1Cc1ccc([N+](=O)[O-])cc1. The van der Waals surface area contributed by atoms with Crippen molar-refractivity contribution in [1.82, 2.24) is 4.90 Å². The zero-order valence-electron chi connectivity index (χ0n) is 11.3. The highest BCUT2D eigenvalue weighted by Crippen LogP contribution is 2.23. The minimum Gasteiger partial charge on any atom is -0.330 e. The molecule has 19 heavy (non-hydrogen) atoms. The molecule has 1 fully saturated rings. The fraction of sp³-hybridized carbons (Fsp3) is 0.571. The Balaban J connectivity index is 2.01. The van der Waals surface area contributed by atoms with Gasteiger partial charge in [-0.3, -0.25) is 15.0 Å². The summed E-state index contributed by atoms with van der Waals surface area (Å²) in [6.07, 6.45) is 2.38. The van der Waals surface area contributed by atoms with E-state index in [1.54, 1.807) is 12.1 Å². The molecular formula is C14H21N3O2. The van der Waals surface area contributed by atoms with Crippen LogP contribution in [0.25, 0.3) is 0 Å². The highest BCUT2D eigenvalue weighted by molar-refractivity contribution is 5.32. The van der Waals surface area contributed by atoms with Crippen molar-refractivity contribution in [2.24, 2.45) is 11.7 Å². The maximum atomic E-state index is 10.6. The van der Waals surface area contributed by atoms with E-state index in [2.05, 4.69) is 11.8 Å². The zero-order valence-corrected chi connectivity index (χ0v) is 11.3. The molecule has 0 saturated carbocycles. The molecule has 0 bridgehead atoms. The zero-order chi connectivity index (χ0) is 13.8. The van der Waals surface area contributed by atoms with Gasteiger partial charge in [0, 0.05) is 31.3 Å². The topological polar surface area (TPSA) is 72.4 Å². The number of likely N-dealkylation sites (tertiary alicyclic amines) is 1. The van der Waals surface area contributed by atoms with Gasteiger partial charge in [0.25, 0.3) is 5.69 Å². The number of nitro benzene ring substituents is 1. The van der Waals surface area contributed by atoms with Gasteiger partial charge in [-0.2, -0.15) is 0 Å². The van der Waals surface area contributed by atoms with Crippen LogP contribution in [0.5, 0.6) is 0 Å². The summed E-state index contributed by atoms with van der Waals surface area (Å²) in [7, 11) is 0. The van der Waals surface area contributed by atoms with Gasteiger partial charge in [0.1, 0.15) is 0 Å². The smallest absolute Gasteiger partial charge is 0.269 e. The van der Waals surface area contributed by atoms with E-state index in [1.165, 1.54) is 12.8 Å². The number of nitro groups is 1. The summed E-state index contributed by atoms with van der Waals surface area (Å²) < 4.78 is 0. The Labute approximate surface area is 113 Å². The van der Waals surface area contributed by atoms with Crippen LogP contribution in [0.2, 0.25) is 0 Å². The maximum absolute atomic E-state index is 10.6. The van der Waals surface area contributed by atoms with Gasteiger partial charge in [-0.05, 0) is 37.8 Å². The molecular weight excluding hydrogens is 242 g/mol. The van der Waals surface area contributed by atoms with Crippen LogP contribution in [0.1, 0.15) is 25.3 Å². The van der Waals surface area contributed by atoms with Crippen molar-refractivity contribution in [2.75, 3.05) is 13.1 Å². The van der Waals surface area contributed by atoms with Crippen LogP contribution < -0.4 is 5.73 Å². The van der Waals surface area contributed by atoms with Crippen molar-refractivity contribution < 1.29 is 4.92 Å². The normalized spacial score (nSPS) is 24.3. The predicted octanol–water partition coefficient (Wildman–Crippen LogP) is 2.15. The van der Waals surface area contributed by atoms with Crippen LogP contribution >= 0.6 is 0 Å². The second-order valence-electron chi connectivity index (χ2n) is 5.38. The average Bonchev–Trinajstić information content (AvgIpc) is 2.42. The summed E-state index contributed by atoms with van der Waals surface area (Å²) in [5.41, 5.74) is 7.02. The number of nitrogens with zero attached hydrogens (tertiary/aromatic N) is 2. The minimum atomic E-state index is -0.363. The second kappa shape index (κ2) is 6.12. The molecule has 0 amide bonds. The van der Waals surface area contributed by atoms with Gasteiger partial charge >= 0.3 is 0 Å². The molecule has 1 aliphatic rings. The van der Waals surface area contributed by atoms with Crippen molar-refractivity contribution in [3.63, 3.8) is 0 Å². The van der Waals surface area contributed by atoms with Gasteiger partial charge in [0.15, 0.2) is 0 Å². The monoisotopic (exact) mass is 263 g/mol. The summed E-state index contributed by atoms with van der Waals surface area (Å²) in [4.78, 5) is 12.7. The number of benzene rings is 1. The van der Waals surface area contributed by atoms with E-state index in [9.17, 15) is 10.1 Å². The number of hydrogen-bond donors (Lipinski definition) is 1. The second-order valence-corrected chi connectivity index (χ2v) is 5.38. The van der Waals surface area contributed by atoms with Crippen LogP contribution in [-0.4, -0.2) is 29.0 Å². The first-order chi connectivity index (χ1) is 9.10. The van der Waals surface area contributed by atoms with Crippen LogP contribution in [0.15, 0.2) is 24.3 Å². The number of piperidine rings is 1. The van der Waals surface area contributed by atoms with Gasteiger partial charge in [0.2, 0.25) is 0 Å². The predicted molar refractivity (Wildman–Crippen MR) is 74.7 cm³/mol. The first-order valence-electron chi connectivity index (χ1n) is 6.77. The van der Waals surface area contributed by atoms with Gasteiger partial charge < -0.3 is 5.73 Å². The molecule has 104 valence electrons. The lowest BCUT2D eigenvalue weighted by Crippen LogP contribution is -2.43. The van der Waals surface area contributed by atoms with E-state index in [4.69, 9.17) is 5.73 Å². The van der Waals surface area contributed by atoms with Crippen LogP contribution in [-0.2, 0) is 6.54 Å². The van der Waals surface area contributed by atoms with Gasteiger partial charge in [0.05, 0.1) is 4.92 Å². The molecule has 1 saturated heterocycles. The first-order valence-corrected chi connectivity index (χ1v) is 6.77. The van der Waals surface area contributed by atoms with Gasteiger partial charge in [-0.1, -0.05) is 12.1 Å². The molecule has 1 aliphatic heterocycles. The molecule has 1 aromatic rings. The van der Waals surface area contributed by atoms with E-state index in [0.717, 1.165) is 25.2 Å². The summed E-state index contributed by atoms with van der Waals surface area (Å²) in [5, 5.41) is 10.6. The van der Waals surface area contributed by atoms with E-state index in [0.29, 0.717) is 12.0 Å². The summed E-state index contributed by atoms with van der Waals surface area (Å²) in [5.74, 6) is 0.578. The molecule has 0 aliphatic carbocycles. The standard InChI is InChI=1S/C14H21N3O2/c1-11-2-3-13(8-15)10-16(11)9-12-4-6-14(7-5-12)17(18)19/h4-7,11,13H,2-3,8-10,15H2,1H3. The average molecular weight is 263 g/mol. The lowest BCUT2D eigenvalue weighted by atomic mass is 9.93. The third-order valence-electron chi connectivity index (χ3n) is 3.97. The number of nitrogens with two attached hydrogens (primary N) is 1. The molecule has 0 radical (unpaired) electrons. The summed E-state index contributed by atoms with van der Waals surface area (Å²) in [6.45, 7) is 4.84.